The fourth-order valence-electron chi connectivity index (χ4n) is 2.13. The van der Waals surface area contributed by atoms with Gasteiger partial charge in [-0.15, -0.1) is 0 Å². The van der Waals surface area contributed by atoms with E-state index in [1.165, 1.54) is 5.56 Å². The van der Waals surface area contributed by atoms with Crippen LogP contribution in [0, 0.1) is 0 Å². The quantitative estimate of drug-likeness (QED) is 0.628. The molecule has 0 bridgehead atoms. The average Bonchev–Trinajstić information content (AvgIpc) is 2.40. The number of hydrogen-bond donors (Lipinski definition) is 0. The molecule has 0 aliphatic carbocycles. The van der Waals surface area contributed by atoms with Crippen molar-refractivity contribution in [2.75, 3.05) is 12.4 Å². The van der Waals surface area contributed by atoms with E-state index < -0.39 is 5.97 Å². The van der Waals surface area contributed by atoms with Crippen molar-refractivity contribution in [3.63, 3.8) is 0 Å². The predicted molar refractivity (Wildman–Crippen MR) is 78.5 cm³/mol. The molecule has 1 aliphatic rings. The molecule has 19 heavy (non-hydrogen) atoms. The molecule has 1 unspecified atom stereocenters. The number of benzene rings is 1. The van der Waals surface area contributed by atoms with Crippen molar-refractivity contribution in [3.8, 4) is 0 Å². The van der Waals surface area contributed by atoms with E-state index in [-0.39, 0.29) is 16.3 Å². The minimum Gasteiger partial charge on any atom is -0.462 e. The zero-order chi connectivity index (χ0) is 13.7. The summed E-state index contributed by atoms with van der Waals surface area (Å²) in [6, 6.07) is 10.0. The number of ether oxygens (including phenoxy) is 1. The van der Waals surface area contributed by atoms with Crippen molar-refractivity contribution < 1.29 is 14.3 Å². The molecule has 0 amide bonds. The molecule has 1 atom stereocenters. The van der Waals surface area contributed by atoms with Crippen molar-refractivity contribution in [2.45, 2.75) is 25.5 Å². The highest BCUT2D eigenvalue weighted by molar-refractivity contribution is 8.17. The molecule has 0 saturated carbocycles. The van der Waals surface area contributed by atoms with Crippen LogP contribution in [-0.2, 0) is 20.1 Å². The zero-order valence-electron chi connectivity index (χ0n) is 11.1. The normalized spacial score (nSPS) is 19.3. The van der Waals surface area contributed by atoms with Gasteiger partial charge >= 0.3 is 5.97 Å². The lowest BCUT2D eigenvalue weighted by Gasteiger charge is -2.19. The van der Waals surface area contributed by atoms with Crippen molar-refractivity contribution in [1.82, 2.24) is 0 Å². The summed E-state index contributed by atoms with van der Waals surface area (Å²) in [4.78, 5) is 24.3. The van der Waals surface area contributed by atoms with E-state index in [1.54, 1.807) is 6.92 Å². The molecule has 0 radical (unpaired) electrons. The van der Waals surface area contributed by atoms with Crippen molar-refractivity contribution in [1.29, 1.82) is 0 Å². The highest BCUT2D eigenvalue weighted by Crippen LogP contribution is 2.28. The Morgan fingerprint density at radius 2 is 2.05 bits per heavy atom. The molecule has 102 valence electrons. The molecule has 1 heterocycles. The summed E-state index contributed by atoms with van der Waals surface area (Å²) < 4.78 is 5.03. The van der Waals surface area contributed by atoms with Gasteiger partial charge in [-0.3, -0.25) is 4.79 Å². The Kier molecular flexibility index (Phi) is 4.91. The summed E-state index contributed by atoms with van der Waals surface area (Å²) >= 11 is 0. The third kappa shape index (κ3) is 3.53. The molecule has 1 aromatic rings. The van der Waals surface area contributed by atoms with Crippen LogP contribution in [0.4, 0.5) is 0 Å². The van der Waals surface area contributed by atoms with Crippen molar-refractivity contribution in [2.24, 2.45) is 0 Å². The Morgan fingerprint density at radius 1 is 1.32 bits per heavy atom. The Hall–Kier alpha value is -1.42. The first-order valence-corrected chi connectivity index (χ1v) is 8.07. The summed E-state index contributed by atoms with van der Waals surface area (Å²) in [5.74, 6) is 1.24. The molecule has 0 N–H and O–H groups in total. The summed E-state index contributed by atoms with van der Waals surface area (Å²) in [5, 5.41) is 0. The molecule has 0 aromatic heterocycles. The van der Waals surface area contributed by atoms with Gasteiger partial charge in [-0.1, -0.05) is 30.3 Å². The first-order valence-electron chi connectivity index (χ1n) is 6.51. The van der Waals surface area contributed by atoms with Crippen molar-refractivity contribution >= 4 is 27.1 Å². The highest BCUT2D eigenvalue weighted by atomic mass is 32.2. The summed E-state index contributed by atoms with van der Waals surface area (Å²) in [6.07, 6.45) is 1.35. The average molecular weight is 278 g/mol. The summed E-state index contributed by atoms with van der Waals surface area (Å²) in [6.45, 7) is 2.08. The van der Waals surface area contributed by atoms with Gasteiger partial charge in [0.1, 0.15) is 4.86 Å². The molecule has 1 aliphatic heterocycles. The van der Waals surface area contributed by atoms with Crippen LogP contribution in [0.5, 0.6) is 0 Å². The van der Waals surface area contributed by atoms with Gasteiger partial charge in [-0.2, -0.15) is 10.5 Å². The van der Waals surface area contributed by atoms with Crippen LogP contribution in [0.15, 0.2) is 30.3 Å². The third-order valence-electron chi connectivity index (χ3n) is 2.98. The fourth-order valence-corrected chi connectivity index (χ4v) is 4.43. The van der Waals surface area contributed by atoms with E-state index >= 15 is 0 Å². The third-order valence-corrected chi connectivity index (χ3v) is 5.42. The van der Waals surface area contributed by atoms with Gasteiger partial charge in [0, 0.05) is 12.2 Å². The number of carbonyl (C=O) groups excluding carboxylic acids is 2. The van der Waals surface area contributed by atoms with Gasteiger partial charge in [-0.25, -0.2) is 4.79 Å². The Balaban J connectivity index is 2.28. The lowest BCUT2D eigenvalue weighted by molar-refractivity contribution is -0.135. The molecule has 3 nitrogen and oxygen atoms in total. The van der Waals surface area contributed by atoms with Crippen LogP contribution in [0.25, 0.3) is 0 Å². The highest BCUT2D eigenvalue weighted by Gasteiger charge is 2.26. The lowest BCUT2D eigenvalue weighted by atomic mass is 10.2. The topological polar surface area (TPSA) is 43.4 Å². The molecule has 0 saturated heterocycles. The molecule has 1 aromatic carbocycles. The molecule has 0 spiro atoms. The van der Waals surface area contributed by atoms with Crippen molar-refractivity contribution in [3.05, 3.63) is 35.9 Å². The second kappa shape index (κ2) is 6.66. The van der Waals surface area contributed by atoms with E-state index in [0.717, 1.165) is 17.9 Å². The van der Waals surface area contributed by atoms with Crippen LogP contribution in [0.2, 0.25) is 0 Å². The van der Waals surface area contributed by atoms with Gasteiger partial charge in [0.2, 0.25) is 0 Å². The monoisotopic (exact) mass is 278 g/mol. The summed E-state index contributed by atoms with van der Waals surface area (Å²) in [5.41, 5.74) is 1.17. The summed E-state index contributed by atoms with van der Waals surface area (Å²) in [7, 11) is -0.303. The smallest absolute Gasteiger partial charge is 0.347 e. The first kappa shape index (κ1) is 14.0. The van der Waals surface area contributed by atoms with E-state index in [1.807, 2.05) is 30.3 Å². The van der Waals surface area contributed by atoms with E-state index in [4.69, 9.17) is 4.74 Å². The fraction of sp³-hybridized carbons (Fsp3) is 0.400. The van der Waals surface area contributed by atoms with Crippen LogP contribution in [0.1, 0.15) is 25.3 Å². The minimum atomic E-state index is -0.411. The second-order valence-electron chi connectivity index (χ2n) is 4.40. The number of esters is 1. The predicted octanol–water partition coefficient (Wildman–Crippen LogP) is 2.55. The second-order valence-corrected chi connectivity index (χ2v) is 6.49. The number of rotatable bonds is 4. The molecular weight excluding hydrogens is 260 g/mol. The van der Waals surface area contributed by atoms with Gasteiger partial charge in [0.25, 0.3) is 0 Å². The van der Waals surface area contributed by atoms with Gasteiger partial charge < -0.3 is 4.74 Å². The molecule has 0 fully saturated rings. The standard InChI is InChI=1S/C15H18O3S/c1-2-18-15(17)14-13(16)9-6-10-19(14)11-12-7-4-3-5-8-12/h3-5,7-8H,2,6,9-11H2,1H3. The molecule has 4 heteroatoms. The molecule has 2 rings (SSSR count). The largest absolute Gasteiger partial charge is 0.462 e. The van der Waals surface area contributed by atoms with E-state index in [2.05, 4.69) is 0 Å². The van der Waals surface area contributed by atoms with E-state index in [0.29, 0.717) is 17.9 Å². The van der Waals surface area contributed by atoms with Gasteiger partial charge in [0.15, 0.2) is 5.78 Å². The van der Waals surface area contributed by atoms with Crippen LogP contribution in [-0.4, -0.2) is 29.0 Å². The number of carbonyl (C=O) groups is 2. The SMILES string of the molecule is CCOC(=O)C1=S(Cc2ccccc2)CCCC1=O. The van der Waals surface area contributed by atoms with Crippen LogP contribution < -0.4 is 0 Å². The number of hydrogen-bond acceptors (Lipinski definition) is 3. The first-order chi connectivity index (χ1) is 9.22. The number of Topliss-reactive ketones (excluding diaryl/α,β-unsaturated/α-hetero) is 1. The Labute approximate surface area is 115 Å². The van der Waals surface area contributed by atoms with Gasteiger partial charge in [-0.05, 0) is 24.7 Å². The zero-order valence-corrected chi connectivity index (χ0v) is 11.9. The van der Waals surface area contributed by atoms with Gasteiger partial charge in [0.05, 0.1) is 6.61 Å². The van der Waals surface area contributed by atoms with E-state index in [9.17, 15) is 9.59 Å². The maximum atomic E-state index is 12.0. The minimum absolute atomic E-state index is 0.0241. The molecular formula is C15H18O3S. The lowest BCUT2D eigenvalue weighted by Crippen LogP contribution is -2.30. The van der Waals surface area contributed by atoms with Crippen LogP contribution >= 0.6 is 10.5 Å². The maximum absolute atomic E-state index is 12.0. The van der Waals surface area contributed by atoms with Crippen LogP contribution in [0.3, 0.4) is 0 Å². The number of ketones is 1. The maximum Gasteiger partial charge on any atom is 0.347 e. The Bertz CT molecular complexity index is 505. The Morgan fingerprint density at radius 3 is 2.74 bits per heavy atom.